The standard InChI is InChI=1S/C12H11BF3N2O/c1-9-3-4-11(10(7-9)13(14,15)16)19-8-12-17-5-2-6-18-12/h2-7H,8H2,1H3/q-1. The summed E-state index contributed by atoms with van der Waals surface area (Å²) in [5, 5.41) is 0. The second-order valence-electron chi connectivity index (χ2n) is 4.07. The highest BCUT2D eigenvalue weighted by Crippen LogP contribution is 2.19. The first-order chi connectivity index (χ1) is 8.97. The molecule has 0 aliphatic carbocycles. The number of aryl methyl sites for hydroxylation is 1. The van der Waals surface area contributed by atoms with Crippen LogP contribution in [0.1, 0.15) is 11.4 Å². The summed E-state index contributed by atoms with van der Waals surface area (Å²) in [6, 6.07) is 5.61. The molecule has 0 amide bonds. The molecule has 0 saturated carbocycles. The van der Waals surface area contributed by atoms with Crippen molar-refractivity contribution in [2.24, 2.45) is 0 Å². The van der Waals surface area contributed by atoms with Gasteiger partial charge in [-0.2, -0.15) is 0 Å². The van der Waals surface area contributed by atoms with Crippen molar-refractivity contribution in [1.29, 1.82) is 0 Å². The first-order valence-electron chi connectivity index (χ1n) is 5.66. The van der Waals surface area contributed by atoms with E-state index >= 15 is 0 Å². The summed E-state index contributed by atoms with van der Waals surface area (Å²) in [5.41, 5.74) is -0.187. The van der Waals surface area contributed by atoms with Crippen LogP contribution in [0.15, 0.2) is 36.7 Å². The lowest BCUT2D eigenvalue weighted by Crippen LogP contribution is -2.35. The Balaban J connectivity index is 2.21. The van der Waals surface area contributed by atoms with Gasteiger partial charge in [0, 0.05) is 12.4 Å². The van der Waals surface area contributed by atoms with E-state index in [-0.39, 0.29) is 12.4 Å². The molecule has 2 aromatic rings. The molecule has 1 heterocycles. The lowest BCUT2D eigenvalue weighted by molar-refractivity contribution is 0.296. The van der Waals surface area contributed by atoms with Gasteiger partial charge in [-0.05, 0) is 19.1 Å². The second-order valence-corrected chi connectivity index (χ2v) is 4.07. The molecule has 7 heteroatoms. The topological polar surface area (TPSA) is 35.0 Å². The summed E-state index contributed by atoms with van der Waals surface area (Å²) in [4.78, 5) is 7.78. The van der Waals surface area contributed by atoms with Crippen LogP contribution in [-0.4, -0.2) is 16.9 Å². The predicted octanol–water partition coefficient (Wildman–Crippen LogP) is 2.42. The molecule has 1 aromatic carbocycles. The van der Waals surface area contributed by atoms with Crippen LogP contribution in [0.3, 0.4) is 0 Å². The average molecular weight is 267 g/mol. The van der Waals surface area contributed by atoms with E-state index < -0.39 is 12.4 Å². The fourth-order valence-electron chi connectivity index (χ4n) is 1.60. The van der Waals surface area contributed by atoms with Crippen LogP contribution in [0.4, 0.5) is 12.9 Å². The van der Waals surface area contributed by atoms with E-state index in [1.807, 2.05) is 0 Å². The smallest absolute Gasteiger partial charge is 0.489 e. The monoisotopic (exact) mass is 267 g/mol. The quantitative estimate of drug-likeness (QED) is 0.798. The number of benzene rings is 1. The maximum Gasteiger partial charge on any atom is 0.513 e. The summed E-state index contributed by atoms with van der Waals surface area (Å²) in [6.45, 7) is -3.59. The molecular weight excluding hydrogens is 256 g/mol. The molecule has 100 valence electrons. The van der Waals surface area contributed by atoms with Gasteiger partial charge in [0.15, 0.2) is 5.82 Å². The number of rotatable bonds is 4. The van der Waals surface area contributed by atoms with Crippen molar-refractivity contribution in [3.05, 3.63) is 48.0 Å². The highest BCUT2D eigenvalue weighted by Gasteiger charge is 2.29. The summed E-state index contributed by atoms with van der Waals surface area (Å²) in [7, 11) is 0. The Labute approximate surface area is 108 Å². The van der Waals surface area contributed by atoms with Gasteiger partial charge in [-0.15, -0.1) is 0 Å². The van der Waals surface area contributed by atoms with Gasteiger partial charge in [0.25, 0.3) is 0 Å². The average Bonchev–Trinajstić information content (AvgIpc) is 2.37. The van der Waals surface area contributed by atoms with Crippen LogP contribution in [0.25, 0.3) is 0 Å². The van der Waals surface area contributed by atoms with E-state index in [1.165, 1.54) is 18.5 Å². The lowest BCUT2D eigenvalue weighted by Gasteiger charge is -2.20. The van der Waals surface area contributed by atoms with Crippen molar-refractivity contribution in [1.82, 2.24) is 9.97 Å². The Morgan fingerprint density at radius 1 is 1.16 bits per heavy atom. The fraction of sp³-hybridized carbons (Fsp3) is 0.167. The van der Waals surface area contributed by atoms with Gasteiger partial charge >= 0.3 is 6.98 Å². The van der Waals surface area contributed by atoms with Crippen molar-refractivity contribution < 1.29 is 17.7 Å². The minimum absolute atomic E-state index is 0.0942. The molecule has 3 nitrogen and oxygen atoms in total. The van der Waals surface area contributed by atoms with Crippen LogP contribution in [0.2, 0.25) is 0 Å². The molecule has 0 aliphatic heterocycles. The number of nitrogens with zero attached hydrogens (tertiary/aromatic N) is 2. The zero-order chi connectivity index (χ0) is 13.9. The van der Waals surface area contributed by atoms with E-state index in [2.05, 4.69) is 9.97 Å². The van der Waals surface area contributed by atoms with Crippen molar-refractivity contribution >= 4 is 12.4 Å². The number of ether oxygens (including phenoxy) is 1. The minimum atomic E-state index is -5.11. The van der Waals surface area contributed by atoms with E-state index in [1.54, 1.807) is 19.1 Å². The molecule has 0 fully saturated rings. The van der Waals surface area contributed by atoms with Gasteiger partial charge in [-0.3, -0.25) is 0 Å². The third-order valence-corrected chi connectivity index (χ3v) is 2.49. The van der Waals surface area contributed by atoms with Gasteiger partial charge in [0.2, 0.25) is 0 Å². The fourth-order valence-corrected chi connectivity index (χ4v) is 1.60. The van der Waals surface area contributed by atoms with Gasteiger partial charge in [0.05, 0.1) is 5.75 Å². The van der Waals surface area contributed by atoms with Crippen molar-refractivity contribution in [3.8, 4) is 5.75 Å². The molecule has 0 atom stereocenters. The normalized spacial score (nSPS) is 11.4. The zero-order valence-electron chi connectivity index (χ0n) is 10.2. The first kappa shape index (κ1) is 13.4. The molecule has 1 aromatic heterocycles. The molecule has 0 radical (unpaired) electrons. The van der Waals surface area contributed by atoms with Crippen LogP contribution in [0, 0.1) is 6.92 Å². The number of halogens is 3. The maximum absolute atomic E-state index is 12.9. The van der Waals surface area contributed by atoms with Crippen molar-refractivity contribution in [3.63, 3.8) is 0 Å². The molecule has 0 bridgehead atoms. The molecule has 0 aliphatic rings. The predicted molar refractivity (Wildman–Crippen MR) is 66.3 cm³/mol. The Morgan fingerprint density at radius 2 is 1.84 bits per heavy atom. The number of aromatic nitrogens is 2. The molecule has 0 saturated heterocycles. The summed E-state index contributed by atoms with van der Waals surface area (Å²) >= 11 is 0. The van der Waals surface area contributed by atoms with Crippen LogP contribution < -0.4 is 10.2 Å². The van der Waals surface area contributed by atoms with Crippen LogP contribution in [0.5, 0.6) is 5.75 Å². The number of hydrogen-bond acceptors (Lipinski definition) is 3. The first-order valence-corrected chi connectivity index (χ1v) is 5.66. The summed E-state index contributed by atoms with van der Waals surface area (Å²) in [6.07, 6.45) is 3.02. The Morgan fingerprint density at radius 3 is 2.47 bits per heavy atom. The Kier molecular flexibility index (Phi) is 3.73. The van der Waals surface area contributed by atoms with Gasteiger partial charge in [0.1, 0.15) is 6.61 Å². The third kappa shape index (κ3) is 3.46. The highest BCUT2D eigenvalue weighted by atomic mass is 19.4. The summed E-state index contributed by atoms with van der Waals surface area (Å²) < 4.78 is 43.9. The van der Waals surface area contributed by atoms with E-state index in [4.69, 9.17) is 4.74 Å². The lowest BCUT2D eigenvalue weighted by atomic mass is 9.78. The Hall–Kier alpha value is -2.05. The third-order valence-electron chi connectivity index (χ3n) is 2.49. The SMILES string of the molecule is Cc1ccc(OCc2ncccn2)c([B-](F)(F)F)c1. The van der Waals surface area contributed by atoms with E-state index in [9.17, 15) is 12.9 Å². The number of hydrogen-bond donors (Lipinski definition) is 0. The van der Waals surface area contributed by atoms with Crippen molar-refractivity contribution in [2.75, 3.05) is 0 Å². The molecular formula is C12H11BF3N2O-. The minimum Gasteiger partial charge on any atom is -0.489 e. The maximum atomic E-state index is 12.9. The Bertz CT molecular complexity index is 561. The van der Waals surface area contributed by atoms with E-state index in [0.29, 0.717) is 11.4 Å². The summed E-state index contributed by atoms with van der Waals surface area (Å²) in [5.74, 6) is 0.147. The molecule has 0 spiro atoms. The zero-order valence-corrected chi connectivity index (χ0v) is 10.2. The van der Waals surface area contributed by atoms with Crippen LogP contribution in [-0.2, 0) is 6.61 Å². The van der Waals surface area contributed by atoms with Gasteiger partial charge in [-0.1, -0.05) is 23.2 Å². The highest BCUT2D eigenvalue weighted by molar-refractivity contribution is 6.74. The second kappa shape index (κ2) is 5.30. The van der Waals surface area contributed by atoms with Gasteiger partial charge in [-0.25, -0.2) is 9.97 Å². The molecule has 0 N–H and O–H groups in total. The molecule has 0 unspecified atom stereocenters. The van der Waals surface area contributed by atoms with Crippen molar-refractivity contribution in [2.45, 2.75) is 13.5 Å². The van der Waals surface area contributed by atoms with Crippen LogP contribution >= 0.6 is 0 Å². The molecule has 19 heavy (non-hydrogen) atoms. The largest absolute Gasteiger partial charge is 0.513 e. The van der Waals surface area contributed by atoms with Gasteiger partial charge < -0.3 is 17.7 Å². The van der Waals surface area contributed by atoms with E-state index in [0.717, 1.165) is 6.07 Å². The molecule has 2 rings (SSSR count).